The van der Waals surface area contributed by atoms with E-state index in [2.05, 4.69) is 20.9 Å². The van der Waals surface area contributed by atoms with E-state index in [9.17, 15) is 29.4 Å². The summed E-state index contributed by atoms with van der Waals surface area (Å²) in [4.78, 5) is 55.6. The van der Waals surface area contributed by atoms with E-state index >= 15 is 0 Å². The number of aromatic hydroxyl groups is 1. The van der Waals surface area contributed by atoms with Crippen molar-refractivity contribution in [1.29, 1.82) is 0 Å². The van der Waals surface area contributed by atoms with E-state index in [1.807, 2.05) is 13.8 Å². The quantitative estimate of drug-likeness (QED) is 0.0702. The number of carboxylic acid groups (broad SMARTS) is 1. The summed E-state index contributed by atoms with van der Waals surface area (Å²) in [6.07, 6.45) is 0.923. The first-order chi connectivity index (χ1) is 20.3. The van der Waals surface area contributed by atoms with Crippen LogP contribution >= 0.6 is 0 Å². The number of amides is 3. The molecule has 0 aliphatic heterocycles. The monoisotopic (exact) mass is 597 g/mol. The lowest BCUT2D eigenvalue weighted by molar-refractivity contribution is -0.142. The molecule has 2 aromatic carbocycles. The maximum absolute atomic E-state index is 13.5. The van der Waals surface area contributed by atoms with Gasteiger partial charge in [0.05, 0.1) is 6.04 Å². The van der Waals surface area contributed by atoms with Crippen molar-refractivity contribution in [3.63, 3.8) is 0 Å². The zero-order valence-electron chi connectivity index (χ0n) is 24.5. The van der Waals surface area contributed by atoms with Gasteiger partial charge in [0, 0.05) is 13.0 Å². The van der Waals surface area contributed by atoms with Gasteiger partial charge in [-0.2, -0.15) is 0 Å². The lowest BCUT2D eigenvalue weighted by atomic mass is 10.0. The van der Waals surface area contributed by atoms with Gasteiger partial charge < -0.3 is 43.4 Å². The molecule has 2 aromatic rings. The number of guanidine groups is 1. The highest BCUT2D eigenvalue weighted by Gasteiger charge is 2.31. The summed E-state index contributed by atoms with van der Waals surface area (Å²) >= 11 is 0. The third kappa shape index (κ3) is 12.8. The molecule has 0 aliphatic carbocycles. The normalized spacial score (nSPS) is 13.7. The molecule has 0 saturated carbocycles. The number of carbonyl (C=O) groups excluding carboxylic acids is 3. The number of benzene rings is 2. The van der Waals surface area contributed by atoms with Crippen LogP contribution in [0.4, 0.5) is 0 Å². The number of phenols is 1. The first-order valence-corrected chi connectivity index (χ1v) is 14.1. The summed E-state index contributed by atoms with van der Waals surface area (Å²) in [6, 6.07) is 10.8. The van der Waals surface area contributed by atoms with Crippen LogP contribution in [-0.2, 0) is 32.0 Å². The molecule has 0 spiro atoms. The van der Waals surface area contributed by atoms with E-state index in [0.29, 0.717) is 12.0 Å². The molecule has 0 fully saturated rings. The standard InChI is InChI=1S/C30H43N7O6/c1-18(2)15-24(28(41)37-25(29(42)43)17-19-7-4-3-5-8-19)36-27(40)23(9-6-14-34-30(32)33)35-26(39)22(31)16-20-10-12-21(38)13-11-20/h3-5,7-8,10-13,18,22-25,38H,6,9,14-17,31H2,1-2H3,(H,35,39)(H,36,40)(H,37,41)(H,42,43)(H4,32,33,34). The highest BCUT2D eigenvalue weighted by atomic mass is 16.4. The SMILES string of the molecule is CC(C)CC(NC(=O)C(CCCN=C(N)N)NC(=O)C(N)Cc1ccc(O)cc1)C(=O)NC(Cc1ccccc1)C(=O)O. The number of carbonyl (C=O) groups is 4. The number of rotatable bonds is 17. The smallest absolute Gasteiger partial charge is 0.326 e. The van der Waals surface area contributed by atoms with Crippen LogP contribution < -0.4 is 33.2 Å². The van der Waals surface area contributed by atoms with Crippen LogP contribution in [-0.4, -0.2) is 70.6 Å². The second kappa shape index (κ2) is 17.3. The molecule has 13 nitrogen and oxygen atoms in total. The number of carboxylic acids is 1. The van der Waals surface area contributed by atoms with E-state index in [4.69, 9.17) is 17.2 Å². The lowest BCUT2D eigenvalue weighted by Gasteiger charge is -2.26. The maximum atomic E-state index is 13.5. The Bertz CT molecular complexity index is 1230. The van der Waals surface area contributed by atoms with E-state index < -0.39 is 47.9 Å². The summed E-state index contributed by atoms with van der Waals surface area (Å²) in [5, 5.41) is 27.1. The fraction of sp³-hybridized carbons (Fsp3) is 0.433. The minimum atomic E-state index is -1.21. The minimum Gasteiger partial charge on any atom is -0.508 e. The Morgan fingerprint density at radius 2 is 1.35 bits per heavy atom. The van der Waals surface area contributed by atoms with E-state index in [-0.39, 0.29) is 49.9 Å². The molecule has 0 bridgehead atoms. The predicted octanol–water partition coefficient (Wildman–Crippen LogP) is 0.143. The Morgan fingerprint density at radius 3 is 1.93 bits per heavy atom. The minimum absolute atomic E-state index is 0.0258. The van der Waals surface area contributed by atoms with Crippen LogP contribution in [0.2, 0.25) is 0 Å². The Balaban J connectivity index is 2.16. The summed E-state index contributed by atoms with van der Waals surface area (Å²) in [5.74, 6) is -3.15. The lowest BCUT2D eigenvalue weighted by Crippen LogP contribution is -2.57. The molecule has 3 amide bonds. The summed E-state index contributed by atoms with van der Waals surface area (Å²) in [7, 11) is 0. The summed E-state index contributed by atoms with van der Waals surface area (Å²) < 4.78 is 0. The second-order valence-electron chi connectivity index (χ2n) is 10.8. The van der Waals surface area contributed by atoms with Crippen LogP contribution in [0.5, 0.6) is 5.75 Å². The first-order valence-electron chi connectivity index (χ1n) is 14.1. The van der Waals surface area contributed by atoms with Crippen LogP contribution in [0.15, 0.2) is 59.6 Å². The van der Waals surface area contributed by atoms with Gasteiger partial charge in [0.25, 0.3) is 0 Å². The Labute approximate surface area is 251 Å². The average molecular weight is 598 g/mol. The number of aliphatic imine (C=N–C) groups is 1. The number of nitrogens with one attached hydrogen (secondary N) is 3. The van der Waals surface area contributed by atoms with E-state index in [1.165, 1.54) is 12.1 Å². The van der Waals surface area contributed by atoms with Crippen LogP contribution in [0.3, 0.4) is 0 Å². The van der Waals surface area contributed by atoms with Gasteiger partial charge in [-0.3, -0.25) is 19.4 Å². The molecule has 0 heterocycles. The fourth-order valence-corrected chi connectivity index (χ4v) is 4.33. The zero-order valence-corrected chi connectivity index (χ0v) is 24.5. The highest BCUT2D eigenvalue weighted by Crippen LogP contribution is 2.12. The van der Waals surface area contributed by atoms with Crippen LogP contribution in [0, 0.1) is 5.92 Å². The molecule has 43 heavy (non-hydrogen) atoms. The molecule has 4 atom stereocenters. The van der Waals surface area contributed by atoms with E-state index in [1.54, 1.807) is 42.5 Å². The number of aliphatic carboxylic acids is 1. The third-order valence-electron chi connectivity index (χ3n) is 6.54. The molecule has 0 aliphatic rings. The Morgan fingerprint density at radius 1 is 0.791 bits per heavy atom. The molecule has 13 heteroatoms. The van der Waals surface area contributed by atoms with Crippen LogP contribution in [0.1, 0.15) is 44.2 Å². The van der Waals surface area contributed by atoms with Crippen molar-refractivity contribution in [2.75, 3.05) is 6.54 Å². The van der Waals surface area contributed by atoms with Gasteiger partial charge in [0.2, 0.25) is 17.7 Å². The van der Waals surface area contributed by atoms with Gasteiger partial charge in [0.1, 0.15) is 23.9 Å². The van der Waals surface area contributed by atoms with Crippen molar-refractivity contribution < 1.29 is 29.4 Å². The fourth-order valence-electron chi connectivity index (χ4n) is 4.33. The number of nitrogens with two attached hydrogens (primary N) is 3. The predicted molar refractivity (Wildman–Crippen MR) is 163 cm³/mol. The number of nitrogens with zero attached hydrogens (tertiary/aromatic N) is 1. The van der Waals surface area contributed by atoms with Crippen molar-refractivity contribution in [3.05, 3.63) is 65.7 Å². The van der Waals surface area contributed by atoms with Crippen molar-refractivity contribution in [2.24, 2.45) is 28.1 Å². The molecular weight excluding hydrogens is 554 g/mol. The summed E-state index contributed by atoms with van der Waals surface area (Å²) in [6.45, 7) is 3.93. The van der Waals surface area contributed by atoms with Crippen molar-refractivity contribution in [3.8, 4) is 5.75 Å². The van der Waals surface area contributed by atoms with Crippen LogP contribution in [0.25, 0.3) is 0 Å². The molecule has 2 rings (SSSR count). The molecule has 0 radical (unpaired) electrons. The van der Waals surface area contributed by atoms with Crippen molar-refractivity contribution in [1.82, 2.24) is 16.0 Å². The second-order valence-corrected chi connectivity index (χ2v) is 10.8. The number of hydrogen-bond donors (Lipinski definition) is 8. The van der Waals surface area contributed by atoms with Crippen molar-refractivity contribution in [2.45, 2.75) is 70.1 Å². The third-order valence-corrected chi connectivity index (χ3v) is 6.54. The molecule has 0 aromatic heterocycles. The highest BCUT2D eigenvalue weighted by molar-refractivity contribution is 5.94. The molecule has 4 unspecified atom stereocenters. The van der Waals surface area contributed by atoms with Gasteiger partial charge in [-0.25, -0.2) is 4.79 Å². The number of hydrogen-bond acceptors (Lipinski definition) is 7. The topological polar surface area (TPSA) is 235 Å². The molecular formula is C30H43N7O6. The molecule has 234 valence electrons. The average Bonchev–Trinajstić information content (AvgIpc) is 2.95. The first kappa shape index (κ1) is 34.6. The Kier molecular flexibility index (Phi) is 13.9. The van der Waals surface area contributed by atoms with Gasteiger partial charge >= 0.3 is 5.97 Å². The molecule has 0 saturated heterocycles. The van der Waals surface area contributed by atoms with Gasteiger partial charge in [0.15, 0.2) is 5.96 Å². The zero-order chi connectivity index (χ0) is 31.9. The Hall–Kier alpha value is -4.65. The largest absolute Gasteiger partial charge is 0.508 e. The van der Waals surface area contributed by atoms with Crippen molar-refractivity contribution >= 4 is 29.7 Å². The maximum Gasteiger partial charge on any atom is 0.326 e. The van der Waals surface area contributed by atoms with Gasteiger partial charge in [-0.05, 0) is 54.9 Å². The number of phenolic OH excluding ortho intramolecular Hbond substituents is 1. The van der Waals surface area contributed by atoms with Gasteiger partial charge in [-0.15, -0.1) is 0 Å². The van der Waals surface area contributed by atoms with Gasteiger partial charge in [-0.1, -0.05) is 56.3 Å². The molecule has 11 N–H and O–H groups in total. The summed E-state index contributed by atoms with van der Waals surface area (Å²) in [5.41, 5.74) is 18.3. The van der Waals surface area contributed by atoms with E-state index in [0.717, 1.165) is 5.56 Å².